The lowest BCUT2D eigenvalue weighted by molar-refractivity contribution is -0.274. The molecule has 3 atom stereocenters. The summed E-state index contributed by atoms with van der Waals surface area (Å²) in [5.74, 6) is -3.64. The summed E-state index contributed by atoms with van der Waals surface area (Å²) >= 11 is 0. The van der Waals surface area contributed by atoms with E-state index in [-0.39, 0.29) is 43.8 Å². The molecule has 2 fully saturated rings. The third-order valence-electron chi connectivity index (χ3n) is 7.68. The van der Waals surface area contributed by atoms with Crippen molar-refractivity contribution in [1.29, 1.82) is 0 Å². The van der Waals surface area contributed by atoms with Gasteiger partial charge in [0, 0.05) is 58.2 Å². The van der Waals surface area contributed by atoms with Gasteiger partial charge in [0.25, 0.3) is 0 Å². The Kier molecular flexibility index (Phi) is 10.8. The summed E-state index contributed by atoms with van der Waals surface area (Å²) in [5, 5.41) is 17.9. The molecule has 1 aliphatic carbocycles. The predicted octanol–water partition coefficient (Wildman–Crippen LogP) is 5.03. The minimum Gasteiger partial charge on any atom is -0.406 e. The lowest BCUT2D eigenvalue weighted by Gasteiger charge is -2.43. The van der Waals surface area contributed by atoms with Crippen LogP contribution in [0.15, 0.2) is 24.3 Å². The van der Waals surface area contributed by atoms with Gasteiger partial charge in [0.1, 0.15) is 5.75 Å². The lowest BCUT2D eigenvalue weighted by atomic mass is 9.74. The molecule has 0 spiro atoms. The van der Waals surface area contributed by atoms with Crippen LogP contribution in [0.3, 0.4) is 0 Å². The van der Waals surface area contributed by atoms with Gasteiger partial charge < -0.3 is 30.1 Å². The van der Waals surface area contributed by atoms with Crippen LogP contribution in [0.4, 0.5) is 26.7 Å². The van der Waals surface area contributed by atoms with Crippen molar-refractivity contribution >= 4 is 6.03 Å². The highest BCUT2D eigenvalue weighted by Crippen LogP contribution is 2.45. The number of nitrogens with zero attached hydrogens (tertiary/aromatic N) is 1. The number of amides is 2. The number of halogens is 5. The maximum Gasteiger partial charge on any atom is 0.573 e. The SMILES string of the molecule is CNCC(CC1CC(F)(F)C1)NC(=O)N1CCCC(C(O)(CCCCOC)c2cccc(OC(F)(F)F)c2)C1. The van der Waals surface area contributed by atoms with Crippen molar-refractivity contribution in [3.63, 3.8) is 0 Å². The van der Waals surface area contributed by atoms with E-state index in [4.69, 9.17) is 4.74 Å². The summed E-state index contributed by atoms with van der Waals surface area (Å²) in [6.45, 7) is 1.56. The number of carbonyl (C=O) groups is 1. The molecule has 0 radical (unpaired) electrons. The number of piperidine rings is 1. The number of rotatable bonds is 13. The smallest absolute Gasteiger partial charge is 0.406 e. The van der Waals surface area contributed by atoms with E-state index in [1.54, 1.807) is 25.1 Å². The minimum absolute atomic E-state index is 0.156. The van der Waals surface area contributed by atoms with Gasteiger partial charge in [-0.2, -0.15) is 0 Å². The minimum atomic E-state index is -4.87. The van der Waals surface area contributed by atoms with E-state index < -0.39 is 29.6 Å². The van der Waals surface area contributed by atoms with Gasteiger partial charge >= 0.3 is 12.4 Å². The van der Waals surface area contributed by atoms with Crippen LogP contribution in [0.1, 0.15) is 56.9 Å². The van der Waals surface area contributed by atoms with Crippen molar-refractivity contribution in [2.75, 3.05) is 40.4 Å². The van der Waals surface area contributed by atoms with E-state index in [9.17, 15) is 31.9 Å². The highest BCUT2D eigenvalue weighted by molar-refractivity contribution is 5.74. The molecule has 1 aromatic carbocycles. The monoisotopic (exact) mass is 565 g/mol. The first-order chi connectivity index (χ1) is 18.3. The first kappa shape index (κ1) is 31.3. The Bertz CT molecular complexity index is 927. The van der Waals surface area contributed by atoms with Gasteiger partial charge in [-0.25, -0.2) is 13.6 Å². The second-order valence-corrected chi connectivity index (χ2v) is 10.8. The van der Waals surface area contributed by atoms with Gasteiger partial charge in [-0.1, -0.05) is 12.1 Å². The quantitative estimate of drug-likeness (QED) is 0.231. The molecule has 222 valence electrons. The first-order valence-electron chi connectivity index (χ1n) is 13.5. The van der Waals surface area contributed by atoms with E-state index in [1.165, 1.54) is 18.2 Å². The van der Waals surface area contributed by atoms with Crippen molar-refractivity contribution in [2.24, 2.45) is 11.8 Å². The fourth-order valence-corrected chi connectivity index (χ4v) is 5.80. The van der Waals surface area contributed by atoms with Crippen LogP contribution in [0.25, 0.3) is 0 Å². The topological polar surface area (TPSA) is 83.1 Å². The summed E-state index contributed by atoms with van der Waals surface area (Å²) in [6.07, 6.45) is -2.12. The van der Waals surface area contributed by atoms with Gasteiger partial charge in [0.2, 0.25) is 5.92 Å². The van der Waals surface area contributed by atoms with Crippen LogP contribution in [0.2, 0.25) is 0 Å². The van der Waals surface area contributed by atoms with Gasteiger partial charge in [-0.05, 0) is 69.2 Å². The number of hydrogen-bond donors (Lipinski definition) is 3. The zero-order valence-electron chi connectivity index (χ0n) is 22.5. The van der Waals surface area contributed by atoms with Gasteiger partial charge in [0.05, 0.1) is 5.60 Å². The number of nitrogens with one attached hydrogen (secondary N) is 2. The number of carbonyl (C=O) groups excluding carboxylic acids is 1. The third kappa shape index (κ3) is 9.18. The number of unbranched alkanes of at least 4 members (excludes halogenated alkanes) is 1. The lowest BCUT2D eigenvalue weighted by Crippen LogP contribution is -2.54. The van der Waals surface area contributed by atoms with E-state index in [0.717, 1.165) is 0 Å². The molecule has 3 rings (SSSR count). The molecule has 1 heterocycles. The number of methoxy groups -OCH3 is 1. The van der Waals surface area contributed by atoms with Crippen molar-refractivity contribution in [3.8, 4) is 5.75 Å². The summed E-state index contributed by atoms with van der Waals surface area (Å²) in [6, 6.07) is 4.71. The molecule has 3 unspecified atom stereocenters. The van der Waals surface area contributed by atoms with Crippen molar-refractivity contribution in [3.05, 3.63) is 29.8 Å². The molecule has 2 aliphatic rings. The number of likely N-dealkylation sites (N-methyl/N-ethyl adjacent to an activating group) is 1. The molecule has 1 saturated carbocycles. The van der Waals surface area contributed by atoms with E-state index in [1.807, 2.05) is 0 Å². The Hall–Kier alpha value is -2.18. The van der Waals surface area contributed by atoms with E-state index in [2.05, 4.69) is 15.4 Å². The standard InChI is InChI=1S/C27H40F5N3O4/c1-33-17-22(13-19-15-25(28,29)16-19)34-24(36)35-11-6-8-21(18-35)26(37,10-3-4-12-38-2)20-7-5-9-23(14-20)39-27(30,31)32/h5,7,9,14,19,21-22,33,37H,3-4,6,8,10-13,15-18H2,1-2H3,(H,34,36). The molecule has 0 bridgehead atoms. The number of hydrogen-bond acceptors (Lipinski definition) is 5. The molecule has 1 aromatic rings. The van der Waals surface area contributed by atoms with Crippen LogP contribution in [0, 0.1) is 11.8 Å². The summed E-state index contributed by atoms with van der Waals surface area (Å²) in [5.41, 5.74) is -1.20. The number of aliphatic hydroxyl groups is 1. The zero-order chi connectivity index (χ0) is 28.7. The largest absolute Gasteiger partial charge is 0.573 e. The Morgan fingerprint density at radius 1 is 1.26 bits per heavy atom. The summed E-state index contributed by atoms with van der Waals surface area (Å²) in [7, 11) is 3.30. The van der Waals surface area contributed by atoms with Gasteiger partial charge in [0.15, 0.2) is 0 Å². The second-order valence-electron chi connectivity index (χ2n) is 10.8. The number of benzene rings is 1. The zero-order valence-corrected chi connectivity index (χ0v) is 22.5. The van der Waals surface area contributed by atoms with Crippen LogP contribution in [-0.2, 0) is 10.3 Å². The number of urea groups is 1. The van der Waals surface area contributed by atoms with Crippen LogP contribution < -0.4 is 15.4 Å². The molecular formula is C27H40F5N3O4. The van der Waals surface area contributed by atoms with Crippen LogP contribution in [-0.4, -0.2) is 74.8 Å². The molecule has 7 nitrogen and oxygen atoms in total. The Balaban J connectivity index is 1.73. The molecule has 12 heteroatoms. The Labute approximate surface area is 226 Å². The highest BCUT2D eigenvalue weighted by Gasteiger charge is 2.46. The average molecular weight is 566 g/mol. The Morgan fingerprint density at radius 3 is 2.64 bits per heavy atom. The van der Waals surface area contributed by atoms with Gasteiger partial charge in [-0.3, -0.25) is 0 Å². The van der Waals surface area contributed by atoms with Crippen molar-refractivity contribution in [2.45, 2.75) is 75.3 Å². The summed E-state index contributed by atoms with van der Waals surface area (Å²) in [4.78, 5) is 14.8. The molecule has 2 amide bonds. The number of likely N-dealkylation sites (tertiary alicyclic amines) is 1. The van der Waals surface area contributed by atoms with Crippen LogP contribution >= 0.6 is 0 Å². The van der Waals surface area contributed by atoms with Crippen molar-refractivity contribution in [1.82, 2.24) is 15.5 Å². The molecule has 0 aromatic heterocycles. The van der Waals surface area contributed by atoms with Crippen molar-refractivity contribution < 1.29 is 41.3 Å². The molecule has 39 heavy (non-hydrogen) atoms. The van der Waals surface area contributed by atoms with E-state index in [0.29, 0.717) is 57.4 Å². The van der Waals surface area contributed by atoms with Crippen LogP contribution in [0.5, 0.6) is 5.75 Å². The Morgan fingerprint density at radius 2 is 2.00 bits per heavy atom. The normalized spacial score (nSPS) is 22.1. The maximum atomic E-state index is 13.3. The molecule has 1 saturated heterocycles. The first-order valence-corrected chi connectivity index (χ1v) is 13.5. The number of alkyl halides is 5. The highest BCUT2D eigenvalue weighted by atomic mass is 19.4. The average Bonchev–Trinajstić information content (AvgIpc) is 2.84. The third-order valence-corrected chi connectivity index (χ3v) is 7.68. The molecule has 1 aliphatic heterocycles. The fourth-order valence-electron chi connectivity index (χ4n) is 5.80. The number of ether oxygens (including phenoxy) is 2. The van der Waals surface area contributed by atoms with E-state index >= 15 is 0 Å². The summed E-state index contributed by atoms with van der Waals surface area (Å²) < 4.78 is 74.4. The van der Waals surface area contributed by atoms with Gasteiger partial charge in [-0.15, -0.1) is 13.2 Å². The molecule has 3 N–H and O–H groups in total. The maximum absolute atomic E-state index is 13.3. The predicted molar refractivity (Wildman–Crippen MR) is 136 cm³/mol. The fraction of sp³-hybridized carbons (Fsp3) is 0.741. The molecular weight excluding hydrogens is 525 g/mol. The second kappa shape index (κ2) is 13.5.